The molecule has 142 valence electrons. The van der Waals surface area contributed by atoms with Crippen molar-refractivity contribution in [3.63, 3.8) is 0 Å². The SMILES string of the molecule is O=C1CCc2cc(OC3CN(CCCc4ccc(Cl)c(Cl)c4)C3)ccc2N1. The smallest absolute Gasteiger partial charge is 0.224 e. The number of carbonyl (C=O) groups is 1. The van der Waals surface area contributed by atoms with Gasteiger partial charge in [0.1, 0.15) is 11.9 Å². The molecule has 4 nitrogen and oxygen atoms in total. The van der Waals surface area contributed by atoms with E-state index in [1.807, 2.05) is 30.3 Å². The Balaban J connectivity index is 1.20. The molecule has 27 heavy (non-hydrogen) atoms. The van der Waals surface area contributed by atoms with E-state index in [4.69, 9.17) is 27.9 Å². The van der Waals surface area contributed by atoms with Crippen molar-refractivity contribution in [1.29, 1.82) is 0 Å². The minimum Gasteiger partial charge on any atom is -0.488 e. The zero-order valence-corrected chi connectivity index (χ0v) is 16.5. The molecule has 0 saturated carbocycles. The summed E-state index contributed by atoms with van der Waals surface area (Å²) in [5, 5.41) is 4.13. The van der Waals surface area contributed by atoms with E-state index in [2.05, 4.69) is 16.3 Å². The van der Waals surface area contributed by atoms with Gasteiger partial charge in [0.2, 0.25) is 5.91 Å². The number of fused-ring (bicyclic) bond motifs is 1. The highest BCUT2D eigenvalue weighted by Gasteiger charge is 2.28. The molecule has 0 bridgehead atoms. The van der Waals surface area contributed by atoms with Crippen LogP contribution in [0.4, 0.5) is 5.69 Å². The first-order chi connectivity index (χ1) is 13.1. The molecule has 0 radical (unpaired) electrons. The lowest BCUT2D eigenvalue weighted by Crippen LogP contribution is -2.53. The van der Waals surface area contributed by atoms with Gasteiger partial charge in [0.15, 0.2) is 0 Å². The van der Waals surface area contributed by atoms with Gasteiger partial charge < -0.3 is 10.1 Å². The van der Waals surface area contributed by atoms with Gasteiger partial charge in [-0.25, -0.2) is 0 Å². The summed E-state index contributed by atoms with van der Waals surface area (Å²) in [6.45, 7) is 2.96. The average molecular weight is 405 g/mol. The zero-order chi connectivity index (χ0) is 18.8. The standard InChI is InChI=1S/C21H22Cl2N2O2/c22-18-6-3-14(10-19(18)23)2-1-9-25-12-17(13-25)27-16-5-7-20-15(11-16)4-8-21(26)24-20/h3,5-7,10-11,17H,1-2,4,8-9,12-13H2,(H,24,26). The van der Waals surface area contributed by atoms with E-state index < -0.39 is 0 Å². The van der Waals surface area contributed by atoms with Gasteiger partial charge in [0.05, 0.1) is 10.0 Å². The van der Waals surface area contributed by atoms with Crippen LogP contribution in [0.2, 0.25) is 10.0 Å². The molecule has 6 heteroatoms. The molecule has 4 rings (SSSR count). The maximum absolute atomic E-state index is 11.4. The van der Waals surface area contributed by atoms with Crippen molar-refractivity contribution in [2.24, 2.45) is 0 Å². The molecule has 0 spiro atoms. The Morgan fingerprint density at radius 1 is 1.07 bits per heavy atom. The Bertz CT molecular complexity index is 850. The third-order valence-electron chi connectivity index (χ3n) is 5.12. The maximum Gasteiger partial charge on any atom is 0.224 e. The van der Waals surface area contributed by atoms with Gasteiger partial charge in [-0.05, 0) is 67.3 Å². The molecule has 1 saturated heterocycles. The number of halogens is 2. The van der Waals surface area contributed by atoms with E-state index in [-0.39, 0.29) is 12.0 Å². The van der Waals surface area contributed by atoms with E-state index in [1.165, 1.54) is 5.56 Å². The Labute approximate surface area is 169 Å². The molecule has 2 heterocycles. The number of nitrogens with one attached hydrogen (secondary N) is 1. The fourth-order valence-electron chi connectivity index (χ4n) is 3.61. The van der Waals surface area contributed by atoms with Gasteiger partial charge in [0, 0.05) is 25.2 Å². The van der Waals surface area contributed by atoms with Crippen LogP contribution in [-0.4, -0.2) is 36.5 Å². The van der Waals surface area contributed by atoms with Gasteiger partial charge in [0.25, 0.3) is 0 Å². The van der Waals surface area contributed by atoms with Crippen molar-refractivity contribution in [2.75, 3.05) is 25.0 Å². The predicted molar refractivity (Wildman–Crippen MR) is 109 cm³/mol. The Morgan fingerprint density at radius 3 is 2.74 bits per heavy atom. The number of benzene rings is 2. The number of hydrogen-bond donors (Lipinski definition) is 1. The van der Waals surface area contributed by atoms with Crippen LogP contribution in [0.1, 0.15) is 24.0 Å². The first-order valence-corrected chi connectivity index (χ1v) is 10.1. The van der Waals surface area contributed by atoms with E-state index in [1.54, 1.807) is 0 Å². The van der Waals surface area contributed by atoms with Crippen LogP contribution >= 0.6 is 23.2 Å². The normalized spacial score (nSPS) is 17.2. The molecule has 2 aromatic rings. The summed E-state index contributed by atoms with van der Waals surface area (Å²) in [6, 6.07) is 11.8. The number of aryl methyl sites for hydroxylation is 2. The third kappa shape index (κ3) is 4.57. The van der Waals surface area contributed by atoms with Gasteiger partial charge in [-0.1, -0.05) is 29.3 Å². The number of likely N-dealkylation sites (tertiary alicyclic amines) is 1. The second-order valence-corrected chi connectivity index (χ2v) is 8.03. The molecular weight excluding hydrogens is 383 g/mol. The van der Waals surface area contributed by atoms with Crippen LogP contribution in [0.5, 0.6) is 5.75 Å². The monoisotopic (exact) mass is 404 g/mol. The Kier molecular flexibility index (Phi) is 5.58. The Morgan fingerprint density at radius 2 is 1.93 bits per heavy atom. The number of anilines is 1. The van der Waals surface area contributed by atoms with Crippen LogP contribution in [0.15, 0.2) is 36.4 Å². The van der Waals surface area contributed by atoms with Crippen LogP contribution in [-0.2, 0) is 17.6 Å². The lowest BCUT2D eigenvalue weighted by molar-refractivity contribution is -0.116. The summed E-state index contributed by atoms with van der Waals surface area (Å²) in [5.41, 5.74) is 3.29. The first-order valence-electron chi connectivity index (χ1n) is 9.32. The van der Waals surface area contributed by atoms with E-state index in [0.717, 1.165) is 55.9 Å². The fraction of sp³-hybridized carbons (Fsp3) is 0.381. The molecule has 0 atom stereocenters. The fourth-order valence-corrected chi connectivity index (χ4v) is 3.93. The van der Waals surface area contributed by atoms with E-state index >= 15 is 0 Å². The number of carbonyl (C=O) groups excluding carboxylic acids is 1. The van der Waals surface area contributed by atoms with Crippen molar-refractivity contribution in [3.05, 3.63) is 57.6 Å². The minimum absolute atomic E-state index is 0.0895. The zero-order valence-electron chi connectivity index (χ0n) is 15.0. The van der Waals surface area contributed by atoms with Crippen molar-refractivity contribution >= 4 is 34.8 Å². The number of ether oxygens (including phenoxy) is 1. The van der Waals surface area contributed by atoms with Crippen LogP contribution in [0.3, 0.4) is 0 Å². The number of hydrogen-bond acceptors (Lipinski definition) is 3. The highest BCUT2D eigenvalue weighted by Crippen LogP contribution is 2.28. The molecule has 1 fully saturated rings. The van der Waals surface area contributed by atoms with Crippen LogP contribution in [0, 0.1) is 0 Å². The van der Waals surface area contributed by atoms with Crippen LogP contribution in [0.25, 0.3) is 0 Å². The second kappa shape index (κ2) is 8.09. The first kappa shape index (κ1) is 18.6. The Hall–Kier alpha value is -1.75. The lowest BCUT2D eigenvalue weighted by atomic mass is 10.0. The number of amides is 1. The highest BCUT2D eigenvalue weighted by molar-refractivity contribution is 6.42. The average Bonchev–Trinajstić information content (AvgIpc) is 2.62. The number of rotatable bonds is 6. The molecule has 1 amide bonds. The van der Waals surface area contributed by atoms with Crippen molar-refractivity contribution in [2.45, 2.75) is 31.8 Å². The van der Waals surface area contributed by atoms with Gasteiger partial charge >= 0.3 is 0 Å². The third-order valence-corrected chi connectivity index (χ3v) is 5.86. The summed E-state index contributed by atoms with van der Waals surface area (Å²) in [6.07, 6.45) is 3.65. The summed E-state index contributed by atoms with van der Waals surface area (Å²) < 4.78 is 6.08. The summed E-state index contributed by atoms with van der Waals surface area (Å²) >= 11 is 12.0. The molecule has 0 unspecified atom stereocenters. The molecule has 2 aliphatic heterocycles. The van der Waals surface area contributed by atoms with E-state index in [9.17, 15) is 4.79 Å². The number of nitrogens with zero attached hydrogens (tertiary/aromatic N) is 1. The second-order valence-electron chi connectivity index (χ2n) is 7.22. The molecule has 0 aromatic heterocycles. The maximum atomic E-state index is 11.4. The highest BCUT2D eigenvalue weighted by atomic mass is 35.5. The quantitative estimate of drug-likeness (QED) is 0.766. The minimum atomic E-state index is 0.0895. The molecule has 1 N–H and O–H groups in total. The largest absolute Gasteiger partial charge is 0.488 e. The van der Waals surface area contributed by atoms with Crippen molar-refractivity contribution in [1.82, 2.24) is 4.90 Å². The summed E-state index contributed by atoms with van der Waals surface area (Å²) in [4.78, 5) is 13.8. The summed E-state index contributed by atoms with van der Waals surface area (Å²) in [5.74, 6) is 0.983. The lowest BCUT2D eigenvalue weighted by Gasteiger charge is -2.39. The molecule has 2 aromatic carbocycles. The molecule has 0 aliphatic carbocycles. The van der Waals surface area contributed by atoms with E-state index in [0.29, 0.717) is 16.5 Å². The molecular formula is C21H22Cl2N2O2. The molecule has 2 aliphatic rings. The van der Waals surface area contributed by atoms with Gasteiger partial charge in [-0.15, -0.1) is 0 Å². The topological polar surface area (TPSA) is 41.6 Å². The summed E-state index contributed by atoms with van der Waals surface area (Å²) in [7, 11) is 0. The van der Waals surface area contributed by atoms with Gasteiger partial charge in [-0.2, -0.15) is 0 Å². The van der Waals surface area contributed by atoms with Crippen molar-refractivity contribution < 1.29 is 9.53 Å². The predicted octanol–water partition coefficient (Wildman–Crippen LogP) is 4.57. The van der Waals surface area contributed by atoms with Gasteiger partial charge in [-0.3, -0.25) is 9.69 Å². The van der Waals surface area contributed by atoms with Crippen LogP contribution < -0.4 is 10.1 Å². The van der Waals surface area contributed by atoms with Crippen molar-refractivity contribution in [3.8, 4) is 5.75 Å².